The van der Waals surface area contributed by atoms with Crippen LogP contribution in [0.4, 0.5) is 0 Å². The maximum atomic E-state index is 9.91. The van der Waals surface area contributed by atoms with E-state index in [0.29, 0.717) is 0 Å². The smallest absolute Gasteiger partial charge is 0.189 e. The van der Waals surface area contributed by atoms with Gasteiger partial charge >= 0.3 is 0 Å². The number of quaternary nitrogens is 1. The third-order valence-electron chi connectivity index (χ3n) is 5.31. The molecule has 0 amide bonds. The first-order chi connectivity index (χ1) is 12.0. The van der Waals surface area contributed by atoms with Gasteiger partial charge in [0.15, 0.2) is 5.41 Å². The van der Waals surface area contributed by atoms with E-state index in [1.54, 1.807) is 0 Å². The fourth-order valence-corrected chi connectivity index (χ4v) is 4.37. The molecule has 0 spiro atoms. The number of fused-ring (bicyclic) bond motifs is 1. The molecule has 1 saturated carbocycles. The number of nitrogens with one attached hydrogen (secondary N) is 2. The molecule has 25 heavy (non-hydrogen) atoms. The molecule has 0 radical (unpaired) electrons. The Labute approximate surface area is 155 Å². The number of benzene rings is 1. The zero-order valence-corrected chi connectivity index (χ0v) is 15.3. The second-order valence-corrected chi connectivity index (χ2v) is 7.63. The quantitative estimate of drug-likeness (QED) is 0.710. The standard InChI is InChI=1S/C19H16BrN5/c1-25-7-6-14-15(8-21)18(24)19(10-22,11-23)17(16(14)9-25)12-2-4-13(20)5-3-12/h2-6,15-17,24H,7,9H2,1H3/p+1/t15?,16-,17-/m0/s1. The number of hydrogen-bond donors (Lipinski definition) is 2. The van der Waals surface area contributed by atoms with Crippen molar-refractivity contribution >= 4 is 21.6 Å². The molecular formula is C19H17BrN5+. The Bertz CT molecular complexity index is 851. The van der Waals surface area contributed by atoms with Gasteiger partial charge in [0.1, 0.15) is 5.92 Å². The number of nitriles is 3. The summed E-state index contributed by atoms with van der Waals surface area (Å²) in [6, 6.07) is 14.0. The SMILES string of the molecule is C[NH+]1CC=C2C(C#N)C(=N)C(C#N)(C#N)[C@@H](c3ccc(Br)cc3)[C@H]2C1. The number of halogens is 1. The zero-order chi connectivity index (χ0) is 18.2. The van der Waals surface area contributed by atoms with Crippen molar-refractivity contribution in [2.75, 3.05) is 20.1 Å². The van der Waals surface area contributed by atoms with E-state index in [9.17, 15) is 15.8 Å². The second-order valence-electron chi connectivity index (χ2n) is 6.71. The molecule has 1 aliphatic carbocycles. The molecule has 6 heteroatoms. The second kappa shape index (κ2) is 6.45. The van der Waals surface area contributed by atoms with Crippen LogP contribution in [0.1, 0.15) is 11.5 Å². The number of likely N-dealkylation sites (N-methyl/N-ethyl adjacent to an activating group) is 1. The Hall–Kier alpha value is -2.46. The predicted octanol–water partition coefficient (Wildman–Crippen LogP) is 1.81. The summed E-state index contributed by atoms with van der Waals surface area (Å²) in [5.41, 5.74) is 0.0496. The third kappa shape index (κ3) is 2.57. The highest BCUT2D eigenvalue weighted by Gasteiger charge is 2.58. The van der Waals surface area contributed by atoms with Gasteiger partial charge in [0.2, 0.25) is 0 Å². The van der Waals surface area contributed by atoms with Crippen LogP contribution in [0.3, 0.4) is 0 Å². The molecule has 0 saturated heterocycles. The summed E-state index contributed by atoms with van der Waals surface area (Å²) in [5, 5.41) is 38.0. The molecule has 0 aromatic heterocycles. The number of rotatable bonds is 1. The van der Waals surface area contributed by atoms with Gasteiger partial charge in [0.25, 0.3) is 0 Å². The molecule has 1 aromatic rings. The lowest BCUT2D eigenvalue weighted by atomic mass is 9.54. The molecule has 4 atom stereocenters. The Morgan fingerprint density at radius 1 is 1.20 bits per heavy atom. The summed E-state index contributed by atoms with van der Waals surface area (Å²) < 4.78 is 0.915. The molecule has 1 heterocycles. The largest absolute Gasteiger partial charge is 0.334 e. The summed E-state index contributed by atoms with van der Waals surface area (Å²) in [6.45, 7) is 1.53. The molecule has 1 fully saturated rings. The van der Waals surface area contributed by atoms with Gasteiger partial charge in [-0.05, 0) is 29.3 Å². The van der Waals surface area contributed by atoms with Crippen LogP contribution in [0.15, 0.2) is 40.4 Å². The van der Waals surface area contributed by atoms with Crippen molar-refractivity contribution in [2.24, 2.45) is 17.3 Å². The van der Waals surface area contributed by atoms with E-state index in [-0.39, 0.29) is 11.6 Å². The molecule has 2 aliphatic rings. The van der Waals surface area contributed by atoms with Crippen LogP contribution in [-0.2, 0) is 0 Å². The van der Waals surface area contributed by atoms with Crippen LogP contribution in [0.2, 0.25) is 0 Å². The average Bonchev–Trinajstić information content (AvgIpc) is 2.62. The molecule has 124 valence electrons. The normalized spacial score (nSPS) is 30.2. The van der Waals surface area contributed by atoms with Gasteiger partial charge in [-0.2, -0.15) is 15.8 Å². The molecule has 2 N–H and O–H groups in total. The van der Waals surface area contributed by atoms with E-state index < -0.39 is 17.3 Å². The Morgan fingerprint density at radius 3 is 2.40 bits per heavy atom. The summed E-state index contributed by atoms with van der Waals surface area (Å²) >= 11 is 3.41. The highest BCUT2D eigenvalue weighted by atomic mass is 79.9. The van der Waals surface area contributed by atoms with Gasteiger partial charge in [-0.3, -0.25) is 0 Å². The minimum Gasteiger partial charge on any atom is -0.334 e. The minimum absolute atomic E-state index is 0.0880. The predicted molar refractivity (Wildman–Crippen MR) is 95.6 cm³/mol. The number of nitrogens with zero attached hydrogens (tertiary/aromatic N) is 3. The lowest BCUT2D eigenvalue weighted by Gasteiger charge is -2.46. The first-order valence-electron chi connectivity index (χ1n) is 8.06. The fraction of sp³-hybridized carbons (Fsp3) is 0.368. The van der Waals surface area contributed by atoms with Crippen molar-refractivity contribution in [2.45, 2.75) is 5.92 Å². The maximum absolute atomic E-state index is 9.91. The van der Waals surface area contributed by atoms with Crippen molar-refractivity contribution in [1.82, 2.24) is 0 Å². The monoisotopic (exact) mass is 394 g/mol. The van der Waals surface area contributed by atoms with E-state index in [1.807, 2.05) is 30.3 Å². The summed E-state index contributed by atoms with van der Waals surface area (Å²) in [4.78, 5) is 1.27. The average molecular weight is 395 g/mol. The van der Waals surface area contributed by atoms with E-state index in [0.717, 1.165) is 28.7 Å². The summed E-state index contributed by atoms with van der Waals surface area (Å²) in [7, 11) is 2.06. The molecule has 3 rings (SSSR count). The molecule has 5 nitrogen and oxygen atoms in total. The van der Waals surface area contributed by atoms with Gasteiger partial charge in [-0.15, -0.1) is 0 Å². The van der Waals surface area contributed by atoms with E-state index in [4.69, 9.17) is 5.41 Å². The van der Waals surface area contributed by atoms with Gasteiger partial charge in [0, 0.05) is 16.3 Å². The van der Waals surface area contributed by atoms with Crippen LogP contribution in [0.25, 0.3) is 0 Å². The first kappa shape index (κ1) is 17.4. The van der Waals surface area contributed by atoms with Crippen LogP contribution in [0, 0.1) is 56.7 Å². The van der Waals surface area contributed by atoms with Crippen LogP contribution in [0.5, 0.6) is 0 Å². The van der Waals surface area contributed by atoms with Crippen LogP contribution < -0.4 is 4.90 Å². The number of hydrogen-bond acceptors (Lipinski definition) is 4. The Balaban J connectivity index is 2.25. The molecular weight excluding hydrogens is 378 g/mol. The van der Waals surface area contributed by atoms with Gasteiger partial charge in [0.05, 0.1) is 44.1 Å². The fourth-order valence-electron chi connectivity index (χ4n) is 4.10. The molecule has 0 bridgehead atoms. The van der Waals surface area contributed by atoms with Crippen molar-refractivity contribution in [3.63, 3.8) is 0 Å². The van der Waals surface area contributed by atoms with Crippen molar-refractivity contribution < 1.29 is 4.90 Å². The van der Waals surface area contributed by atoms with Crippen molar-refractivity contribution in [3.8, 4) is 18.2 Å². The van der Waals surface area contributed by atoms with Gasteiger partial charge in [-0.1, -0.05) is 28.1 Å². The van der Waals surface area contributed by atoms with E-state index in [2.05, 4.69) is 41.2 Å². The van der Waals surface area contributed by atoms with Crippen LogP contribution in [-0.4, -0.2) is 25.8 Å². The summed E-state index contributed by atoms with van der Waals surface area (Å²) in [5.74, 6) is -1.34. The maximum Gasteiger partial charge on any atom is 0.189 e. The van der Waals surface area contributed by atoms with Crippen molar-refractivity contribution in [1.29, 1.82) is 21.2 Å². The summed E-state index contributed by atoms with van der Waals surface area (Å²) in [6.07, 6.45) is 2.02. The molecule has 1 aromatic carbocycles. The highest BCUT2D eigenvalue weighted by Crippen LogP contribution is 2.52. The van der Waals surface area contributed by atoms with Gasteiger partial charge in [-0.25, -0.2) is 0 Å². The van der Waals surface area contributed by atoms with Gasteiger partial charge < -0.3 is 10.3 Å². The molecule has 2 unspecified atom stereocenters. The Morgan fingerprint density at radius 2 is 1.84 bits per heavy atom. The third-order valence-corrected chi connectivity index (χ3v) is 5.84. The lowest BCUT2D eigenvalue weighted by molar-refractivity contribution is -0.878. The highest BCUT2D eigenvalue weighted by molar-refractivity contribution is 9.10. The lowest BCUT2D eigenvalue weighted by Crippen LogP contribution is -3.10. The molecule has 1 aliphatic heterocycles. The van der Waals surface area contributed by atoms with E-state index >= 15 is 0 Å². The topological polar surface area (TPSA) is 99.7 Å². The Kier molecular flexibility index (Phi) is 4.48. The zero-order valence-electron chi connectivity index (χ0n) is 13.8. The first-order valence-corrected chi connectivity index (χ1v) is 8.85. The van der Waals surface area contributed by atoms with E-state index in [1.165, 1.54) is 4.90 Å². The minimum atomic E-state index is -1.62. The van der Waals surface area contributed by atoms with Crippen LogP contribution >= 0.6 is 15.9 Å². The van der Waals surface area contributed by atoms with Crippen molar-refractivity contribution in [3.05, 3.63) is 46.0 Å².